The highest BCUT2D eigenvalue weighted by molar-refractivity contribution is 14.0. The number of aryl methyl sites for hydroxylation is 1. The zero-order chi connectivity index (χ0) is 18.9. The maximum absolute atomic E-state index is 11.3. The molecule has 0 spiro atoms. The summed E-state index contributed by atoms with van der Waals surface area (Å²) in [7, 11) is -1.27. The van der Waals surface area contributed by atoms with E-state index in [0.717, 1.165) is 24.3 Å². The van der Waals surface area contributed by atoms with E-state index in [9.17, 15) is 8.42 Å². The molecule has 6 nitrogen and oxygen atoms in total. The van der Waals surface area contributed by atoms with Crippen molar-refractivity contribution in [3.63, 3.8) is 0 Å². The number of guanidine groups is 1. The van der Waals surface area contributed by atoms with E-state index in [4.69, 9.17) is 4.74 Å². The highest BCUT2D eigenvalue weighted by Gasteiger charge is 2.09. The van der Waals surface area contributed by atoms with Crippen molar-refractivity contribution in [1.29, 1.82) is 0 Å². The number of hydrogen-bond acceptors (Lipinski definition) is 4. The molecule has 0 aliphatic heterocycles. The summed E-state index contributed by atoms with van der Waals surface area (Å²) in [5, 5.41) is 6.45. The van der Waals surface area contributed by atoms with E-state index in [1.54, 1.807) is 7.11 Å². The standard InChI is InChI=1S/C18H31N3O3S.HI/c1-6-19-18(21-15(3)10-12-25(5,22)23)20-11-9-16-8-7-14(2)17(13-16)24-4;/h7-8,13,15H,6,9-12H2,1-5H3,(H2,19,20,21);1H. The predicted octanol–water partition coefficient (Wildman–Crippen LogP) is 2.54. The van der Waals surface area contributed by atoms with Gasteiger partial charge in [0.25, 0.3) is 0 Å². The largest absolute Gasteiger partial charge is 0.496 e. The van der Waals surface area contributed by atoms with Crippen LogP contribution in [-0.4, -0.2) is 52.6 Å². The summed E-state index contributed by atoms with van der Waals surface area (Å²) in [5.41, 5.74) is 2.29. The molecule has 0 aliphatic rings. The van der Waals surface area contributed by atoms with Gasteiger partial charge in [-0.1, -0.05) is 12.1 Å². The third-order valence-corrected chi connectivity index (χ3v) is 4.77. The first-order chi connectivity index (χ1) is 11.7. The van der Waals surface area contributed by atoms with E-state index in [0.29, 0.717) is 18.9 Å². The van der Waals surface area contributed by atoms with Crippen LogP contribution in [0.4, 0.5) is 0 Å². The number of methoxy groups -OCH3 is 1. The molecule has 1 rings (SSSR count). The summed E-state index contributed by atoms with van der Waals surface area (Å²) < 4.78 is 27.9. The quantitative estimate of drug-likeness (QED) is 0.312. The lowest BCUT2D eigenvalue weighted by molar-refractivity contribution is 0.411. The van der Waals surface area contributed by atoms with Crippen LogP contribution in [0.1, 0.15) is 31.4 Å². The van der Waals surface area contributed by atoms with Gasteiger partial charge in [-0.25, -0.2) is 8.42 Å². The molecule has 1 unspecified atom stereocenters. The summed E-state index contributed by atoms with van der Waals surface area (Å²) in [6.45, 7) is 7.38. The van der Waals surface area contributed by atoms with E-state index in [2.05, 4.69) is 27.8 Å². The van der Waals surface area contributed by atoms with Gasteiger partial charge in [-0.15, -0.1) is 24.0 Å². The number of sulfone groups is 1. The van der Waals surface area contributed by atoms with Crippen LogP contribution < -0.4 is 15.4 Å². The summed E-state index contributed by atoms with van der Waals surface area (Å²) in [4.78, 5) is 4.58. The van der Waals surface area contributed by atoms with E-state index in [-0.39, 0.29) is 35.8 Å². The maximum atomic E-state index is 11.3. The minimum Gasteiger partial charge on any atom is -0.496 e. The molecule has 2 N–H and O–H groups in total. The zero-order valence-corrected chi connectivity index (χ0v) is 19.5. The van der Waals surface area contributed by atoms with E-state index in [1.165, 1.54) is 11.8 Å². The van der Waals surface area contributed by atoms with Crippen LogP contribution in [0.3, 0.4) is 0 Å². The molecular weight excluding hydrogens is 465 g/mol. The van der Waals surface area contributed by atoms with Crippen molar-refractivity contribution in [2.45, 2.75) is 39.7 Å². The monoisotopic (exact) mass is 497 g/mol. The second-order valence-electron chi connectivity index (χ2n) is 6.28. The molecule has 0 bridgehead atoms. The number of halogens is 1. The molecular formula is C18H32IN3O3S. The molecule has 1 aromatic rings. The minimum absolute atomic E-state index is 0. The van der Waals surface area contributed by atoms with E-state index < -0.39 is 9.84 Å². The van der Waals surface area contributed by atoms with Crippen LogP contribution in [-0.2, 0) is 16.3 Å². The smallest absolute Gasteiger partial charge is 0.191 e. The topological polar surface area (TPSA) is 79.8 Å². The normalized spacial score (nSPS) is 12.9. The Hall–Kier alpha value is -1.03. The number of ether oxygens (including phenoxy) is 1. The Balaban J connectivity index is 0.00000625. The molecule has 0 aromatic heterocycles. The molecule has 0 radical (unpaired) electrons. The van der Waals surface area contributed by atoms with Crippen molar-refractivity contribution in [2.24, 2.45) is 4.99 Å². The Kier molecular flexibility index (Phi) is 11.9. The van der Waals surface area contributed by atoms with Crippen molar-refractivity contribution in [3.05, 3.63) is 29.3 Å². The highest BCUT2D eigenvalue weighted by Crippen LogP contribution is 2.19. The van der Waals surface area contributed by atoms with Gasteiger partial charge in [-0.2, -0.15) is 0 Å². The Morgan fingerprint density at radius 1 is 1.35 bits per heavy atom. The van der Waals surface area contributed by atoms with Crippen molar-refractivity contribution < 1.29 is 13.2 Å². The van der Waals surface area contributed by atoms with Gasteiger partial charge in [0.05, 0.1) is 12.9 Å². The van der Waals surface area contributed by atoms with Gasteiger partial charge in [-0.3, -0.25) is 4.99 Å². The van der Waals surface area contributed by atoms with Crippen LogP contribution in [0.5, 0.6) is 5.75 Å². The molecule has 150 valence electrons. The zero-order valence-electron chi connectivity index (χ0n) is 16.3. The molecule has 0 amide bonds. The number of hydrogen-bond donors (Lipinski definition) is 2. The van der Waals surface area contributed by atoms with Crippen molar-refractivity contribution in [1.82, 2.24) is 10.6 Å². The van der Waals surface area contributed by atoms with Gasteiger partial charge in [0, 0.05) is 25.4 Å². The van der Waals surface area contributed by atoms with Gasteiger partial charge < -0.3 is 15.4 Å². The Bertz CT molecular complexity index is 678. The lowest BCUT2D eigenvalue weighted by atomic mass is 10.1. The van der Waals surface area contributed by atoms with Crippen LogP contribution in [0.25, 0.3) is 0 Å². The molecule has 0 saturated heterocycles. The first kappa shape index (κ1) is 25.0. The van der Waals surface area contributed by atoms with Crippen molar-refractivity contribution >= 4 is 39.8 Å². The number of nitrogens with zero attached hydrogens (tertiary/aromatic N) is 1. The van der Waals surface area contributed by atoms with Gasteiger partial charge >= 0.3 is 0 Å². The van der Waals surface area contributed by atoms with Crippen LogP contribution in [0.2, 0.25) is 0 Å². The Labute approximate surface area is 175 Å². The van der Waals surface area contributed by atoms with E-state index >= 15 is 0 Å². The SMILES string of the molecule is CCNC(=NCCc1ccc(C)c(OC)c1)NC(C)CCS(C)(=O)=O.I. The second kappa shape index (κ2) is 12.4. The lowest BCUT2D eigenvalue weighted by Crippen LogP contribution is -2.43. The average Bonchev–Trinajstić information content (AvgIpc) is 2.54. The second-order valence-corrected chi connectivity index (χ2v) is 8.54. The van der Waals surface area contributed by atoms with Crippen LogP contribution >= 0.6 is 24.0 Å². The average molecular weight is 497 g/mol. The molecule has 26 heavy (non-hydrogen) atoms. The molecule has 0 aliphatic carbocycles. The third kappa shape index (κ3) is 10.2. The van der Waals surface area contributed by atoms with Crippen LogP contribution in [0.15, 0.2) is 23.2 Å². The van der Waals surface area contributed by atoms with Gasteiger partial charge in [0.15, 0.2) is 5.96 Å². The summed E-state index contributed by atoms with van der Waals surface area (Å²) in [5.74, 6) is 1.77. The lowest BCUT2D eigenvalue weighted by Gasteiger charge is -2.17. The number of aliphatic imine (C=N–C) groups is 1. The Morgan fingerprint density at radius 2 is 2.04 bits per heavy atom. The molecule has 1 atom stereocenters. The molecule has 0 saturated carbocycles. The Morgan fingerprint density at radius 3 is 2.62 bits per heavy atom. The molecule has 0 heterocycles. The fraction of sp³-hybridized carbons (Fsp3) is 0.611. The van der Waals surface area contributed by atoms with Crippen LogP contribution in [0, 0.1) is 6.92 Å². The molecule has 0 fully saturated rings. The maximum Gasteiger partial charge on any atom is 0.191 e. The fourth-order valence-electron chi connectivity index (χ4n) is 2.33. The summed E-state index contributed by atoms with van der Waals surface area (Å²) in [6.07, 6.45) is 2.62. The summed E-state index contributed by atoms with van der Waals surface area (Å²) in [6, 6.07) is 6.21. The number of benzene rings is 1. The van der Waals surface area contributed by atoms with Gasteiger partial charge in [-0.05, 0) is 50.8 Å². The van der Waals surface area contributed by atoms with Gasteiger partial charge in [0.1, 0.15) is 15.6 Å². The van der Waals surface area contributed by atoms with Gasteiger partial charge in [0.2, 0.25) is 0 Å². The van der Waals surface area contributed by atoms with Crippen molar-refractivity contribution in [3.8, 4) is 5.75 Å². The fourth-order valence-corrected chi connectivity index (χ4v) is 3.11. The third-order valence-electron chi connectivity index (χ3n) is 3.79. The van der Waals surface area contributed by atoms with Crippen molar-refractivity contribution in [2.75, 3.05) is 32.2 Å². The molecule has 1 aromatic carbocycles. The number of rotatable bonds is 9. The first-order valence-electron chi connectivity index (χ1n) is 8.61. The minimum atomic E-state index is -2.94. The first-order valence-corrected chi connectivity index (χ1v) is 10.7. The number of nitrogens with one attached hydrogen (secondary N) is 2. The predicted molar refractivity (Wildman–Crippen MR) is 120 cm³/mol. The molecule has 8 heteroatoms. The summed E-state index contributed by atoms with van der Waals surface area (Å²) >= 11 is 0. The highest BCUT2D eigenvalue weighted by atomic mass is 127. The van der Waals surface area contributed by atoms with E-state index in [1.807, 2.05) is 26.8 Å².